The number of nitrogens with one attached hydrogen (secondary N) is 1. The fourth-order valence-corrected chi connectivity index (χ4v) is 6.09. The molecule has 3 aromatic rings. The second-order valence-electron chi connectivity index (χ2n) is 10.2. The average molecular weight is 649 g/mol. The second kappa shape index (κ2) is 16.5. The quantitative estimate of drug-likeness (QED) is 0.189. The standard InChI is InChI=1S/C32H39Cl2N3O5S/c1-4-5-18-35-32(39)30(20-24-11-7-6-8-12-24)36(23-25-16-17-26(33)21-29(25)34)31(38)15-10-19-37(43(3,40)41)27-13-9-14-28(22-27)42-2/h6-9,11-14,16-17,21-22,30H,4-5,10,15,18-20,23H2,1-3H3,(H,35,39)/t30-/m0/s1. The van der Waals surface area contributed by atoms with E-state index in [4.69, 9.17) is 27.9 Å². The van der Waals surface area contributed by atoms with E-state index in [9.17, 15) is 18.0 Å². The Morgan fingerprint density at radius 1 is 0.977 bits per heavy atom. The topological polar surface area (TPSA) is 96.0 Å². The molecule has 0 aliphatic heterocycles. The van der Waals surface area contributed by atoms with Gasteiger partial charge in [-0.15, -0.1) is 0 Å². The van der Waals surface area contributed by atoms with Gasteiger partial charge in [0.15, 0.2) is 0 Å². The highest BCUT2D eigenvalue weighted by Gasteiger charge is 2.31. The molecule has 0 saturated heterocycles. The van der Waals surface area contributed by atoms with Crippen LogP contribution in [0.2, 0.25) is 10.0 Å². The Morgan fingerprint density at radius 2 is 1.72 bits per heavy atom. The molecule has 0 aromatic heterocycles. The van der Waals surface area contributed by atoms with Gasteiger partial charge in [0.1, 0.15) is 11.8 Å². The van der Waals surface area contributed by atoms with E-state index < -0.39 is 16.1 Å². The maximum absolute atomic E-state index is 13.9. The lowest BCUT2D eigenvalue weighted by Crippen LogP contribution is -2.50. The van der Waals surface area contributed by atoms with Crippen LogP contribution in [0, 0.1) is 0 Å². The van der Waals surface area contributed by atoms with Crippen LogP contribution in [0.5, 0.6) is 5.75 Å². The third-order valence-electron chi connectivity index (χ3n) is 6.95. The van der Waals surface area contributed by atoms with Crippen molar-refractivity contribution < 1.29 is 22.7 Å². The molecule has 0 fully saturated rings. The molecule has 0 bridgehead atoms. The number of benzene rings is 3. The second-order valence-corrected chi connectivity index (χ2v) is 13.0. The van der Waals surface area contributed by atoms with E-state index in [1.54, 1.807) is 47.4 Å². The first kappa shape index (κ1) is 34.2. The number of methoxy groups -OCH3 is 1. The lowest BCUT2D eigenvalue weighted by molar-refractivity contribution is -0.141. The van der Waals surface area contributed by atoms with Gasteiger partial charge >= 0.3 is 0 Å². The summed E-state index contributed by atoms with van der Waals surface area (Å²) in [6.07, 6.45) is 3.38. The molecule has 0 saturated carbocycles. The van der Waals surface area contributed by atoms with E-state index >= 15 is 0 Å². The van der Waals surface area contributed by atoms with E-state index in [1.807, 2.05) is 37.3 Å². The highest BCUT2D eigenvalue weighted by atomic mass is 35.5. The molecule has 43 heavy (non-hydrogen) atoms. The summed E-state index contributed by atoms with van der Waals surface area (Å²) in [5.74, 6) is -0.0346. The number of ether oxygens (including phenoxy) is 1. The van der Waals surface area contributed by atoms with Crippen molar-refractivity contribution in [1.82, 2.24) is 10.2 Å². The Morgan fingerprint density at radius 3 is 2.37 bits per heavy atom. The molecular weight excluding hydrogens is 609 g/mol. The molecule has 0 aliphatic carbocycles. The molecule has 0 radical (unpaired) electrons. The van der Waals surface area contributed by atoms with Crippen molar-refractivity contribution in [2.75, 3.05) is 30.8 Å². The summed E-state index contributed by atoms with van der Waals surface area (Å²) in [5.41, 5.74) is 1.99. The van der Waals surface area contributed by atoms with Crippen molar-refractivity contribution in [1.29, 1.82) is 0 Å². The minimum atomic E-state index is -3.64. The summed E-state index contributed by atoms with van der Waals surface area (Å²) in [5, 5.41) is 3.84. The number of unbranched alkanes of at least 4 members (excludes halogenated alkanes) is 1. The van der Waals surface area contributed by atoms with Crippen LogP contribution in [0.1, 0.15) is 43.7 Å². The fourth-order valence-electron chi connectivity index (χ4n) is 4.66. The van der Waals surface area contributed by atoms with Crippen molar-refractivity contribution in [3.63, 3.8) is 0 Å². The third kappa shape index (κ3) is 10.4. The summed E-state index contributed by atoms with van der Waals surface area (Å²) in [6.45, 7) is 2.68. The molecule has 1 N–H and O–H groups in total. The van der Waals surface area contributed by atoms with Crippen LogP contribution >= 0.6 is 23.2 Å². The van der Waals surface area contributed by atoms with Gasteiger partial charge in [-0.1, -0.05) is 79.0 Å². The van der Waals surface area contributed by atoms with Gasteiger partial charge in [0.25, 0.3) is 0 Å². The minimum absolute atomic E-state index is 0.00866. The van der Waals surface area contributed by atoms with E-state index in [0.29, 0.717) is 40.0 Å². The number of amides is 2. The summed E-state index contributed by atoms with van der Waals surface area (Å²) >= 11 is 12.6. The number of anilines is 1. The fraction of sp³-hybridized carbons (Fsp3) is 0.375. The zero-order valence-electron chi connectivity index (χ0n) is 24.8. The zero-order valence-corrected chi connectivity index (χ0v) is 27.1. The number of nitrogens with zero attached hydrogens (tertiary/aromatic N) is 2. The number of sulfonamides is 1. The molecule has 0 unspecified atom stereocenters. The van der Waals surface area contributed by atoms with Crippen LogP contribution in [0.3, 0.4) is 0 Å². The number of rotatable bonds is 16. The molecule has 8 nitrogen and oxygen atoms in total. The van der Waals surface area contributed by atoms with Crippen LogP contribution < -0.4 is 14.4 Å². The number of carbonyl (C=O) groups excluding carboxylic acids is 2. The van der Waals surface area contributed by atoms with Gasteiger partial charge < -0.3 is 15.0 Å². The van der Waals surface area contributed by atoms with E-state index in [0.717, 1.165) is 24.7 Å². The average Bonchev–Trinajstić information content (AvgIpc) is 2.98. The van der Waals surface area contributed by atoms with Crippen LogP contribution in [0.15, 0.2) is 72.8 Å². The van der Waals surface area contributed by atoms with Gasteiger partial charge in [-0.2, -0.15) is 0 Å². The lowest BCUT2D eigenvalue weighted by Gasteiger charge is -2.32. The third-order valence-corrected chi connectivity index (χ3v) is 8.73. The smallest absolute Gasteiger partial charge is 0.243 e. The normalized spacial score (nSPS) is 11.9. The summed E-state index contributed by atoms with van der Waals surface area (Å²) in [4.78, 5) is 29.1. The summed E-state index contributed by atoms with van der Waals surface area (Å²) < 4.78 is 31.9. The Labute approximate surface area is 265 Å². The number of halogens is 2. The molecule has 11 heteroatoms. The predicted molar refractivity (Wildman–Crippen MR) is 173 cm³/mol. The highest BCUT2D eigenvalue weighted by Crippen LogP contribution is 2.26. The minimum Gasteiger partial charge on any atom is -0.497 e. The van der Waals surface area contributed by atoms with Crippen molar-refractivity contribution in [3.8, 4) is 5.75 Å². The van der Waals surface area contributed by atoms with E-state index in [1.165, 1.54) is 11.4 Å². The molecule has 0 aliphatic rings. The Bertz CT molecular complexity index is 1470. The molecule has 3 aromatic carbocycles. The first-order chi connectivity index (χ1) is 20.5. The number of carbonyl (C=O) groups is 2. The Balaban J connectivity index is 1.90. The maximum atomic E-state index is 13.9. The Hall–Kier alpha value is -3.27. The highest BCUT2D eigenvalue weighted by molar-refractivity contribution is 7.92. The van der Waals surface area contributed by atoms with E-state index in [2.05, 4.69) is 5.32 Å². The van der Waals surface area contributed by atoms with Gasteiger partial charge in [-0.05, 0) is 48.2 Å². The van der Waals surface area contributed by atoms with Crippen LogP contribution in [0.4, 0.5) is 5.69 Å². The lowest BCUT2D eigenvalue weighted by atomic mass is 10.0. The molecule has 1 atom stereocenters. The van der Waals surface area contributed by atoms with E-state index in [-0.39, 0.29) is 37.7 Å². The number of hydrogen-bond acceptors (Lipinski definition) is 5. The molecule has 232 valence electrons. The molecular formula is C32H39Cl2N3O5S. The Kier molecular flexibility index (Phi) is 13.2. The van der Waals surface area contributed by atoms with Crippen molar-refractivity contribution >= 4 is 50.7 Å². The maximum Gasteiger partial charge on any atom is 0.243 e. The van der Waals surface area contributed by atoms with Gasteiger partial charge in [0.2, 0.25) is 21.8 Å². The molecule has 3 rings (SSSR count). The molecule has 0 spiro atoms. The summed E-state index contributed by atoms with van der Waals surface area (Å²) in [7, 11) is -2.14. The SMILES string of the molecule is CCCCNC(=O)[C@H](Cc1ccccc1)N(Cc1ccc(Cl)cc1Cl)C(=O)CCCN(c1cccc(OC)c1)S(C)(=O)=O. The monoisotopic (exact) mass is 647 g/mol. The predicted octanol–water partition coefficient (Wildman–Crippen LogP) is 6.10. The molecule has 0 heterocycles. The van der Waals surface area contributed by atoms with Gasteiger partial charge in [0.05, 0.1) is 19.1 Å². The van der Waals surface area contributed by atoms with Crippen molar-refractivity contribution in [3.05, 3.63) is 94.0 Å². The zero-order chi connectivity index (χ0) is 31.4. The van der Waals surface area contributed by atoms with Crippen LogP contribution in [-0.2, 0) is 32.6 Å². The van der Waals surface area contributed by atoms with Crippen LogP contribution in [-0.4, -0.2) is 57.6 Å². The largest absolute Gasteiger partial charge is 0.497 e. The summed E-state index contributed by atoms with van der Waals surface area (Å²) in [6, 6.07) is 20.5. The number of hydrogen-bond donors (Lipinski definition) is 1. The van der Waals surface area contributed by atoms with Gasteiger partial charge in [-0.25, -0.2) is 8.42 Å². The van der Waals surface area contributed by atoms with Crippen molar-refractivity contribution in [2.24, 2.45) is 0 Å². The van der Waals surface area contributed by atoms with Crippen molar-refractivity contribution in [2.45, 2.75) is 51.6 Å². The first-order valence-corrected chi connectivity index (χ1v) is 16.8. The van der Waals surface area contributed by atoms with Gasteiger partial charge in [0, 0.05) is 48.6 Å². The first-order valence-electron chi connectivity index (χ1n) is 14.2. The van der Waals surface area contributed by atoms with Crippen LogP contribution in [0.25, 0.3) is 0 Å². The van der Waals surface area contributed by atoms with Gasteiger partial charge in [-0.3, -0.25) is 13.9 Å². The molecule has 2 amide bonds.